The largest absolute Gasteiger partial charge is 0.480 e. The van der Waals surface area contributed by atoms with Crippen molar-refractivity contribution < 1.29 is 14.7 Å². The minimum absolute atomic E-state index is 0.125. The highest BCUT2D eigenvalue weighted by atomic mass is 79.9. The van der Waals surface area contributed by atoms with E-state index in [2.05, 4.69) is 15.9 Å². The van der Waals surface area contributed by atoms with Gasteiger partial charge in [-0.05, 0) is 46.7 Å². The summed E-state index contributed by atoms with van der Waals surface area (Å²) < 4.78 is 2.56. The molecule has 2 aliphatic rings. The van der Waals surface area contributed by atoms with Crippen molar-refractivity contribution in [2.75, 3.05) is 6.54 Å². The number of fused-ring (bicyclic) bond motifs is 1. The van der Waals surface area contributed by atoms with Gasteiger partial charge < -0.3 is 14.6 Å². The van der Waals surface area contributed by atoms with E-state index in [0.29, 0.717) is 18.2 Å². The Hall–Kier alpha value is -1.30. The molecule has 3 atom stereocenters. The van der Waals surface area contributed by atoms with Crippen molar-refractivity contribution in [1.29, 1.82) is 0 Å². The molecule has 1 saturated carbocycles. The van der Waals surface area contributed by atoms with E-state index in [1.807, 2.05) is 0 Å². The molecule has 1 N–H and O–H groups in total. The molecule has 20 heavy (non-hydrogen) atoms. The van der Waals surface area contributed by atoms with E-state index in [9.17, 15) is 14.7 Å². The molecule has 2 fully saturated rings. The van der Waals surface area contributed by atoms with Crippen LogP contribution in [0.25, 0.3) is 0 Å². The molecular weight excluding hydrogens is 324 g/mol. The zero-order valence-corrected chi connectivity index (χ0v) is 12.8. The summed E-state index contributed by atoms with van der Waals surface area (Å²) in [5.74, 6) is -0.579. The maximum absolute atomic E-state index is 12.6. The van der Waals surface area contributed by atoms with Gasteiger partial charge >= 0.3 is 5.97 Å². The van der Waals surface area contributed by atoms with Crippen LogP contribution in [0.2, 0.25) is 0 Å². The lowest BCUT2D eigenvalue weighted by atomic mass is 9.94. The molecule has 1 aromatic heterocycles. The Kier molecular flexibility index (Phi) is 3.36. The molecule has 3 rings (SSSR count). The van der Waals surface area contributed by atoms with Gasteiger partial charge in [0.15, 0.2) is 0 Å². The van der Waals surface area contributed by atoms with Crippen LogP contribution in [0.15, 0.2) is 16.7 Å². The average molecular weight is 341 g/mol. The summed E-state index contributed by atoms with van der Waals surface area (Å²) in [4.78, 5) is 25.8. The lowest BCUT2D eigenvalue weighted by molar-refractivity contribution is -0.142. The number of carbonyl (C=O) groups is 2. The van der Waals surface area contributed by atoms with Crippen molar-refractivity contribution in [3.63, 3.8) is 0 Å². The van der Waals surface area contributed by atoms with Crippen LogP contribution in [0, 0.1) is 11.8 Å². The van der Waals surface area contributed by atoms with Crippen LogP contribution in [0.3, 0.4) is 0 Å². The summed E-state index contributed by atoms with van der Waals surface area (Å²) in [5, 5.41) is 9.49. The van der Waals surface area contributed by atoms with Crippen LogP contribution in [-0.2, 0) is 11.8 Å². The van der Waals surface area contributed by atoms with Crippen molar-refractivity contribution in [2.45, 2.75) is 25.3 Å². The van der Waals surface area contributed by atoms with Gasteiger partial charge in [0.2, 0.25) is 0 Å². The zero-order valence-electron chi connectivity index (χ0n) is 11.3. The Balaban J connectivity index is 1.91. The Morgan fingerprint density at radius 3 is 2.75 bits per heavy atom. The van der Waals surface area contributed by atoms with E-state index in [1.54, 1.807) is 28.8 Å². The molecule has 1 aromatic rings. The highest BCUT2D eigenvalue weighted by Gasteiger charge is 2.49. The van der Waals surface area contributed by atoms with Crippen molar-refractivity contribution in [3.05, 3.63) is 22.4 Å². The lowest BCUT2D eigenvalue weighted by Gasteiger charge is -2.24. The number of carbonyl (C=O) groups excluding carboxylic acids is 1. The first-order valence-corrected chi connectivity index (χ1v) is 7.64. The molecule has 0 spiro atoms. The van der Waals surface area contributed by atoms with Gasteiger partial charge in [-0.3, -0.25) is 4.79 Å². The van der Waals surface area contributed by atoms with Gasteiger partial charge in [0.25, 0.3) is 5.91 Å². The van der Waals surface area contributed by atoms with E-state index in [1.165, 1.54) is 0 Å². The summed E-state index contributed by atoms with van der Waals surface area (Å²) in [6, 6.07) is 1.08. The van der Waals surface area contributed by atoms with Crippen LogP contribution in [0.1, 0.15) is 29.8 Å². The number of carboxylic acids is 1. The standard InChI is InChI=1S/C14H17BrN2O3/c1-16-7-9(15)5-11(16)13(18)17-6-8-3-2-4-10(8)12(17)14(19)20/h5,7-8,10,12H,2-4,6H2,1H3,(H,19,20). The first-order valence-electron chi connectivity index (χ1n) is 6.84. The van der Waals surface area contributed by atoms with Gasteiger partial charge in [-0.25, -0.2) is 4.79 Å². The van der Waals surface area contributed by atoms with E-state index in [0.717, 1.165) is 23.7 Å². The summed E-state index contributed by atoms with van der Waals surface area (Å²) in [7, 11) is 1.80. The lowest BCUT2D eigenvalue weighted by Crippen LogP contribution is -2.43. The van der Waals surface area contributed by atoms with Crippen molar-refractivity contribution >= 4 is 27.8 Å². The Morgan fingerprint density at radius 1 is 1.40 bits per heavy atom. The number of nitrogens with zero attached hydrogens (tertiary/aromatic N) is 2. The first kappa shape index (κ1) is 13.7. The molecule has 1 aliphatic carbocycles. The Labute approximate surface area is 125 Å². The van der Waals surface area contributed by atoms with Gasteiger partial charge in [-0.2, -0.15) is 0 Å². The monoisotopic (exact) mass is 340 g/mol. The second-order valence-corrected chi connectivity index (χ2v) is 6.67. The quantitative estimate of drug-likeness (QED) is 0.896. The average Bonchev–Trinajstić information content (AvgIpc) is 3.00. The number of rotatable bonds is 2. The molecule has 1 aliphatic heterocycles. The summed E-state index contributed by atoms with van der Waals surface area (Å²) in [5.41, 5.74) is 0.531. The first-order chi connectivity index (χ1) is 9.49. The van der Waals surface area contributed by atoms with Gasteiger partial charge in [0.1, 0.15) is 11.7 Å². The van der Waals surface area contributed by atoms with E-state index in [-0.39, 0.29) is 11.8 Å². The predicted molar refractivity (Wildman–Crippen MR) is 76.4 cm³/mol. The van der Waals surface area contributed by atoms with E-state index in [4.69, 9.17) is 0 Å². The van der Waals surface area contributed by atoms with Crippen molar-refractivity contribution in [3.8, 4) is 0 Å². The van der Waals surface area contributed by atoms with Gasteiger partial charge in [0, 0.05) is 24.3 Å². The van der Waals surface area contributed by atoms with Crippen molar-refractivity contribution in [2.24, 2.45) is 18.9 Å². The minimum atomic E-state index is -0.874. The fraction of sp³-hybridized carbons (Fsp3) is 0.571. The molecule has 0 aromatic carbocycles. The molecule has 2 heterocycles. The van der Waals surface area contributed by atoms with Crippen molar-refractivity contribution in [1.82, 2.24) is 9.47 Å². The second kappa shape index (κ2) is 4.91. The summed E-state index contributed by atoms with van der Waals surface area (Å²) in [6.45, 7) is 0.573. The molecule has 0 bridgehead atoms. The van der Waals surface area contributed by atoms with Crippen LogP contribution < -0.4 is 0 Å². The molecule has 5 nitrogen and oxygen atoms in total. The highest BCUT2D eigenvalue weighted by Crippen LogP contribution is 2.42. The molecule has 6 heteroatoms. The number of hydrogen-bond acceptors (Lipinski definition) is 2. The van der Waals surface area contributed by atoms with Crippen LogP contribution in [0.4, 0.5) is 0 Å². The SMILES string of the molecule is Cn1cc(Br)cc1C(=O)N1CC2CCCC2C1C(=O)O. The number of hydrogen-bond donors (Lipinski definition) is 1. The number of carboxylic acid groups (broad SMARTS) is 1. The van der Waals surface area contributed by atoms with Gasteiger partial charge in [-0.15, -0.1) is 0 Å². The molecule has 3 unspecified atom stereocenters. The number of amides is 1. The fourth-order valence-corrected chi connectivity index (χ4v) is 4.24. The molecule has 108 valence electrons. The number of aryl methyl sites for hydroxylation is 1. The predicted octanol–water partition coefficient (Wildman–Crippen LogP) is 2.11. The molecular formula is C14H17BrN2O3. The smallest absolute Gasteiger partial charge is 0.326 e. The van der Waals surface area contributed by atoms with E-state index < -0.39 is 12.0 Å². The van der Waals surface area contributed by atoms with Crippen LogP contribution >= 0.6 is 15.9 Å². The minimum Gasteiger partial charge on any atom is -0.480 e. The number of likely N-dealkylation sites (tertiary alicyclic amines) is 1. The fourth-order valence-electron chi connectivity index (χ4n) is 3.71. The normalized spacial score (nSPS) is 28.7. The third-order valence-electron chi connectivity index (χ3n) is 4.59. The Morgan fingerprint density at radius 2 is 2.15 bits per heavy atom. The topological polar surface area (TPSA) is 62.5 Å². The maximum Gasteiger partial charge on any atom is 0.326 e. The number of aromatic nitrogens is 1. The van der Waals surface area contributed by atoms with Gasteiger partial charge in [-0.1, -0.05) is 6.42 Å². The molecule has 0 radical (unpaired) electrons. The third kappa shape index (κ3) is 2.06. The summed E-state index contributed by atoms with van der Waals surface area (Å²) >= 11 is 3.34. The highest BCUT2D eigenvalue weighted by molar-refractivity contribution is 9.10. The second-order valence-electron chi connectivity index (χ2n) is 5.75. The van der Waals surface area contributed by atoms with Gasteiger partial charge in [0.05, 0.1) is 0 Å². The number of aliphatic carboxylic acids is 1. The number of halogens is 1. The van der Waals surface area contributed by atoms with E-state index >= 15 is 0 Å². The Bertz CT molecular complexity index is 569. The third-order valence-corrected chi connectivity index (χ3v) is 5.03. The molecule has 1 saturated heterocycles. The maximum atomic E-state index is 12.6. The van der Waals surface area contributed by atoms with Crippen LogP contribution in [-0.4, -0.2) is 39.0 Å². The molecule has 1 amide bonds. The zero-order chi connectivity index (χ0) is 14.4. The van der Waals surface area contributed by atoms with Crippen LogP contribution in [0.5, 0.6) is 0 Å². The summed E-state index contributed by atoms with van der Waals surface area (Å²) in [6.07, 6.45) is 4.84.